The normalized spacial score (nSPS) is 16.5. The SMILES string of the molecule is Cn1nc(C(=O)N2CCOCC2)c2c1CCN(C(=O)Nc1cc(F)ccc1F)C2. The van der Waals surface area contributed by atoms with Crippen molar-refractivity contribution in [3.63, 3.8) is 0 Å². The molecule has 1 fully saturated rings. The minimum absolute atomic E-state index is 0.164. The first-order valence-electron chi connectivity index (χ1n) is 9.37. The van der Waals surface area contributed by atoms with Crippen LogP contribution in [0.3, 0.4) is 0 Å². The van der Waals surface area contributed by atoms with Gasteiger partial charge in [-0.25, -0.2) is 13.6 Å². The molecule has 0 spiro atoms. The van der Waals surface area contributed by atoms with Gasteiger partial charge in [-0.1, -0.05) is 0 Å². The number of carbonyl (C=O) groups is 2. The summed E-state index contributed by atoms with van der Waals surface area (Å²) in [6.07, 6.45) is 0.508. The molecule has 1 saturated heterocycles. The Morgan fingerprint density at radius 2 is 1.90 bits per heavy atom. The lowest BCUT2D eigenvalue weighted by Gasteiger charge is -2.29. The van der Waals surface area contributed by atoms with Crippen LogP contribution in [0.2, 0.25) is 0 Å². The monoisotopic (exact) mass is 405 g/mol. The Bertz CT molecular complexity index is 956. The van der Waals surface area contributed by atoms with Crippen LogP contribution in [0.25, 0.3) is 0 Å². The predicted molar refractivity (Wildman–Crippen MR) is 99.4 cm³/mol. The smallest absolute Gasteiger partial charge is 0.322 e. The molecule has 2 aliphatic rings. The average molecular weight is 405 g/mol. The van der Waals surface area contributed by atoms with E-state index in [2.05, 4.69) is 10.4 Å². The summed E-state index contributed by atoms with van der Waals surface area (Å²) in [4.78, 5) is 28.7. The third kappa shape index (κ3) is 3.80. The molecule has 0 radical (unpaired) electrons. The minimum atomic E-state index is -0.720. The Balaban J connectivity index is 1.53. The second-order valence-electron chi connectivity index (χ2n) is 7.03. The van der Waals surface area contributed by atoms with E-state index < -0.39 is 17.7 Å². The van der Waals surface area contributed by atoms with Gasteiger partial charge in [0.25, 0.3) is 5.91 Å². The standard InChI is InChI=1S/C19H21F2N5O3/c1-24-16-4-5-26(19(28)22-15-10-12(20)2-3-14(15)21)11-13(16)17(23-24)18(27)25-6-8-29-9-7-25/h2-3,10H,4-9,11H2,1H3,(H,22,28). The third-order valence-electron chi connectivity index (χ3n) is 5.20. The van der Waals surface area contributed by atoms with Crippen molar-refractivity contribution in [2.75, 3.05) is 38.2 Å². The lowest BCUT2D eigenvalue weighted by Crippen LogP contribution is -2.42. The second-order valence-corrected chi connectivity index (χ2v) is 7.03. The Morgan fingerprint density at radius 1 is 1.14 bits per heavy atom. The molecule has 4 rings (SSSR count). The van der Waals surface area contributed by atoms with E-state index in [4.69, 9.17) is 4.74 Å². The fraction of sp³-hybridized carbons (Fsp3) is 0.421. The lowest BCUT2D eigenvalue weighted by molar-refractivity contribution is 0.0297. The van der Waals surface area contributed by atoms with Crippen molar-refractivity contribution in [3.05, 3.63) is 46.8 Å². The molecule has 154 valence electrons. The molecule has 1 aromatic heterocycles. The molecule has 0 atom stereocenters. The summed E-state index contributed by atoms with van der Waals surface area (Å²) < 4.78 is 34.2. The van der Waals surface area contributed by atoms with E-state index in [9.17, 15) is 18.4 Å². The number of carbonyl (C=O) groups excluding carboxylic acids is 2. The van der Waals surface area contributed by atoms with Crippen LogP contribution in [-0.2, 0) is 24.8 Å². The zero-order valence-corrected chi connectivity index (χ0v) is 16.0. The highest BCUT2D eigenvalue weighted by molar-refractivity contribution is 5.95. The first-order valence-corrected chi connectivity index (χ1v) is 9.37. The summed E-state index contributed by atoms with van der Waals surface area (Å²) in [6, 6.07) is 2.31. The van der Waals surface area contributed by atoms with E-state index in [0.29, 0.717) is 50.5 Å². The van der Waals surface area contributed by atoms with Crippen molar-refractivity contribution in [1.29, 1.82) is 0 Å². The number of urea groups is 1. The number of benzene rings is 1. The number of hydrogen-bond donors (Lipinski definition) is 1. The van der Waals surface area contributed by atoms with Gasteiger partial charge in [-0.3, -0.25) is 9.48 Å². The zero-order chi connectivity index (χ0) is 20.5. The highest BCUT2D eigenvalue weighted by Gasteiger charge is 2.32. The fourth-order valence-electron chi connectivity index (χ4n) is 3.64. The van der Waals surface area contributed by atoms with Crippen molar-refractivity contribution >= 4 is 17.6 Å². The van der Waals surface area contributed by atoms with E-state index in [0.717, 1.165) is 23.9 Å². The van der Waals surface area contributed by atoms with Gasteiger partial charge in [-0.05, 0) is 12.1 Å². The number of nitrogens with zero attached hydrogens (tertiary/aromatic N) is 4. The van der Waals surface area contributed by atoms with Crippen LogP contribution >= 0.6 is 0 Å². The van der Waals surface area contributed by atoms with Gasteiger partial charge < -0.3 is 19.9 Å². The third-order valence-corrected chi connectivity index (χ3v) is 5.20. The number of halogens is 2. The molecular weight excluding hydrogens is 384 g/mol. The highest BCUT2D eigenvalue weighted by atomic mass is 19.1. The number of aryl methyl sites for hydroxylation is 1. The van der Waals surface area contributed by atoms with Crippen LogP contribution in [0.1, 0.15) is 21.7 Å². The lowest BCUT2D eigenvalue weighted by atomic mass is 10.0. The summed E-state index contributed by atoms with van der Waals surface area (Å²) >= 11 is 0. The number of fused-ring (bicyclic) bond motifs is 1. The summed E-state index contributed by atoms with van der Waals surface area (Å²) in [5, 5.41) is 6.79. The number of anilines is 1. The summed E-state index contributed by atoms with van der Waals surface area (Å²) in [7, 11) is 1.77. The van der Waals surface area contributed by atoms with Gasteiger partial charge in [0.05, 0.1) is 25.4 Å². The topological polar surface area (TPSA) is 79.7 Å². The van der Waals surface area contributed by atoms with Crippen molar-refractivity contribution in [1.82, 2.24) is 19.6 Å². The van der Waals surface area contributed by atoms with Gasteiger partial charge in [0, 0.05) is 50.4 Å². The van der Waals surface area contributed by atoms with Crippen LogP contribution in [0, 0.1) is 11.6 Å². The van der Waals surface area contributed by atoms with Crippen LogP contribution in [0.15, 0.2) is 18.2 Å². The molecule has 0 unspecified atom stereocenters. The number of aromatic nitrogens is 2. The Labute approximate surface area is 166 Å². The number of morpholine rings is 1. The predicted octanol–water partition coefficient (Wildman–Crippen LogP) is 1.76. The number of ether oxygens (including phenoxy) is 1. The molecule has 3 amide bonds. The largest absolute Gasteiger partial charge is 0.378 e. The minimum Gasteiger partial charge on any atom is -0.378 e. The van der Waals surface area contributed by atoms with Crippen molar-refractivity contribution in [3.8, 4) is 0 Å². The molecule has 8 nitrogen and oxygen atoms in total. The maximum absolute atomic E-state index is 13.8. The fourth-order valence-corrected chi connectivity index (χ4v) is 3.64. The van der Waals surface area contributed by atoms with Crippen molar-refractivity contribution in [2.24, 2.45) is 7.05 Å². The number of amides is 3. The quantitative estimate of drug-likeness (QED) is 0.826. The van der Waals surface area contributed by atoms with Crippen LogP contribution < -0.4 is 5.32 Å². The molecule has 0 saturated carbocycles. The van der Waals surface area contributed by atoms with E-state index >= 15 is 0 Å². The Kier molecular flexibility index (Phi) is 5.18. The van der Waals surface area contributed by atoms with Crippen LogP contribution in [-0.4, -0.2) is 64.4 Å². The van der Waals surface area contributed by atoms with Crippen LogP contribution in [0.4, 0.5) is 19.3 Å². The van der Waals surface area contributed by atoms with E-state index in [-0.39, 0.29) is 18.1 Å². The highest BCUT2D eigenvalue weighted by Crippen LogP contribution is 2.25. The van der Waals surface area contributed by atoms with E-state index in [1.54, 1.807) is 16.6 Å². The molecule has 0 bridgehead atoms. The van der Waals surface area contributed by atoms with Gasteiger partial charge in [-0.2, -0.15) is 5.10 Å². The molecule has 1 aromatic carbocycles. The molecular formula is C19H21F2N5O3. The maximum Gasteiger partial charge on any atom is 0.322 e. The summed E-state index contributed by atoms with van der Waals surface area (Å²) in [5.74, 6) is -1.56. The average Bonchev–Trinajstić information content (AvgIpc) is 3.06. The van der Waals surface area contributed by atoms with Gasteiger partial charge in [0.2, 0.25) is 0 Å². The first kappa shape index (κ1) is 19.3. The number of rotatable bonds is 2. The molecule has 2 aliphatic heterocycles. The number of hydrogen-bond acceptors (Lipinski definition) is 4. The molecule has 0 aliphatic carbocycles. The number of nitrogens with one attached hydrogen (secondary N) is 1. The molecule has 10 heteroatoms. The summed E-state index contributed by atoms with van der Waals surface area (Å²) in [5.41, 5.74) is 1.67. The molecule has 29 heavy (non-hydrogen) atoms. The van der Waals surface area contributed by atoms with Gasteiger partial charge in [0.1, 0.15) is 11.6 Å². The maximum atomic E-state index is 13.8. The van der Waals surface area contributed by atoms with Crippen LogP contribution in [0.5, 0.6) is 0 Å². The van der Waals surface area contributed by atoms with Gasteiger partial charge >= 0.3 is 6.03 Å². The van der Waals surface area contributed by atoms with E-state index in [1.165, 1.54) is 4.90 Å². The zero-order valence-electron chi connectivity index (χ0n) is 16.0. The Hall–Kier alpha value is -3.01. The first-order chi connectivity index (χ1) is 13.9. The molecule has 1 N–H and O–H groups in total. The van der Waals surface area contributed by atoms with Crippen molar-refractivity contribution in [2.45, 2.75) is 13.0 Å². The Morgan fingerprint density at radius 3 is 2.66 bits per heavy atom. The van der Waals surface area contributed by atoms with Gasteiger partial charge in [-0.15, -0.1) is 0 Å². The van der Waals surface area contributed by atoms with Gasteiger partial charge in [0.15, 0.2) is 5.69 Å². The summed E-state index contributed by atoms with van der Waals surface area (Å²) in [6.45, 7) is 2.49. The molecule has 3 heterocycles. The van der Waals surface area contributed by atoms with Crippen molar-refractivity contribution < 1.29 is 23.1 Å². The second kappa shape index (κ2) is 7.78. The van der Waals surface area contributed by atoms with E-state index in [1.807, 2.05) is 0 Å². The molecule has 2 aromatic rings.